The molecule has 0 fully saturated rings. The number of carboxylic acid groups (broad SMARTS) is 1. The Balaban J connectivity index is 2.60. The quantitative estimate of drug-likeness (QED) is 0.831. The van der Waals surface area contributed by atoms with Crippen molar-refractivity contribution in [1.82, 2.24) is 5.16 Å². The molecule has 0 amide bonds. The van der Waals surface area contributed by atoms with Crippen molar-refractivity contribution >= 4 is 5.97 Å². The maximum atomic E-state index is 10.7. The standard InChI is InChI=1S/C12H11NO4/c1-6-3-4-7(2)11(14)10(6)9-5-8(12(15)16)13-17-9/h3-5,14H,1-2H3,(H,15,16). The second-order valence-electron chi connectivity index (χ2n) is 3.80. The Labute approximate surface area is 97.3 Å². The summed E-state index contributed by atoms with van der Waals surface area (Å²) in [5.74, 6) is -0.830. The SMILES string of the molecule is Cc1ccc(C)c(-c2cc(C(=O)O)no2)c1O. The number of aryl methyl sites for hydroxylation is 2. The summed E-state index contributed by atoms with van der Waals surface area (Å²) < 4.78 is 4.94. The van der Waals surface area contributed by atoms with E-state index in [9.17, 15) is 9.90 Å². The van der Waals surface area contributed by atoms with Crippen LogP contribution in [-0.2, 0) is 0 Å². The normalized spacial score (nSPS) is 10.5. The summed E-state index contributed by atoms with van der Waals surface area (Å²) in [5.41, 5.74) is 1.78. The molecule has 17 heavy (non-hydrogen) atoms. The molecule has 0 unspecified atom stereocenters. The minimum atomic E-state index is -1.16. The first-order chi connectivity index (χ1) is 8.00. The highest BCUT2D eigenvalue weighted by molar-refractivity contribution is 5.87. The molecule has 0 aliphatic heterocycles. The lowest BCUT2D eigenvalue weighted by Gasteiger charge is -2.07. The molecule has 2 aromatic rings. The average molecular weight is 233 g/mol. The van der Waals surface area contributed by atoms with E-state index in [0.717, 1.165) is 5.56 Å². The fourth-order valence-corrected chi connectivity index (χ4v) is 1.60. The van der Waals surface area contributed by atoms with Gasteiger partial charge in [-0.1, -0.05) is 17.3 Å². The highest BCUT2D eigenvalue weighted by Gasteiger charge is 2.17. The maximum absolute atomic E-state index is 10.7. The van der Waals surface area contributed by atoms with Gasteiger partial charge in [0.15, 0.2) is 11.5 Å². The third kappa shape index (κ3) is 1.87. The molecule has 1 heterocycles. The molecule has 2 rings (SSSR count). The van der Waals surface area contributed by atoms with Gasteiger partial charge in [0, 0.05) is 6.07 Å². The molecule has 0 bridgehead atoms. The predicted molar refractivity (Wildman–Crippen MR) is 60.0 cm³/mol. The fourth-order valence-electron chi connectivity index (χ4n) is 1.60. The summed E-state index contributed by atoms with van der Waals surface area (Å²) in [7, 11) is 0. The maximum Gasteiger partial charge on any atom is 0.358 e. The van der Waals surface area contributed by atoms with Crippen LogP contribution in [0.25, 0.3) is 11.3 Å². The lowest BCUT2D eigenvalue weighted by Crippen LogP contribution is -1.94. The largest absolute Gasteiger partial charge is 0.507 e. The van der Waals surface area contributed by atoms with Crippen LogP contribution in [0.15, 0.2) is 22.7 Å². The van der Waals surface area contributed by atoms with Crippen LogP contribution < -0.4 is 0 Å². The number of phenolic OH excluding ortho intramolecular Hbond substituents is 1. The van der Waals surface area contributed by atoms with Gasteiger partial charge in [-0.25, -0.2) is 4.79 Å². The zero-order valence-electron chi connectivity index (χ0n) is 9.39. The van der Waals surface area contributed by atoms with Crippen LogP contribution in [-0.4, -0.2) is 21.3 Å². The van der Waals surface area contributed by atoms with Gasteiger partial charge in [-0.05, 0) is 25.0 Å². The van der Waals surface area contributed by atoms with Crippen LogP contribution in [0, 0.1) is 13.8 Å². The van der Waals surface area contributed by atoms with E-state index in [1.54, 1.807) is 19.9 Å². The molecular formula is C12H11NO4. The van der Waals surface area contributed by atoms with Gasteiger partial charge in [-0.2, -0.15) is 0 Å². The van der Waals surface area contributed by atoms with E-state index < -0.39 is 5.97 Å². The highest BCUT2D eigenvalue weighted by atomic mass is 16.5. The number of phenols is 1. The number of aromatic nitrogens is 1. The lowest BCUT2D eigenvalue weighted by atomic mass is 10.0. The molecular weight excluding hydrogens is 222 g/mol. The molecule has 2 N–H and O–H groups in total. The van der Waals surface area contributed by atoms with E-state index in [0.29, 0.717) is 11.1 Å². The zero-order chi connectivity index (χ0) is 12.6. The lowest BCUT2D eigenvalue weighted by molar-refractivity contribution is 0.0686. The first-order valence-electron chi connectivity index (χ1n) is 5.00. The topological polar surface area (TPSA) is 83.6 Å². The molecule has 0 saturated carbocycles. The average Bonchev–Trinajstić information content (AvgIpc) is 2.73. The minimum absolute atomic E-state index is 0.0816. The first-order valence-corrected chi connectivity index (χ1v) is 5.00. The summed E-state index contributed by atoms with van der Waals surface area (Å²) in [4.78, 5) is 10.7. The van der Waals surface area contributed by atoms with Crippen molar-refractivity contribution in [2.75, 3.05) is 0 Å². The van der Waals surface area contributed by atoms with E-state index >= 15 is 0 Å². The first kappa shape index (κ1) is 11.2. The minimum Gasteiger partial charge on any atom is -0.507 e. The summed E-state index contributed by atoms with van der Waals surface area (Å²) in [6.07, 6.45) is 0. The van der Waals surface area contributed by atoms with Crippen LogP contribution in [0.1, 0.15) is 21.6 Å². The van der Waals surface area contributed by atoms with E-state index in [2.05, 4.69) is 5.16 Å². The van der Waals surface area contributed by atoms with Crippen molar-refractivity contribution in [3.05, 3.63) is 35.0 Å². The summed E-state index contributed by atoms with van der Waals surface area (Å²) in [6.45, 7) is 3.56. The van der Waals surface area contributed by atoms with Crippen molar-refractivity contribution in [2.45, 2.75) is 13.8 Å². The highest BCUT2D eigenvalue weighted by Crippen LogP contribution is 2.35. The van der Waals surface area contributed by atoms with Crippen molar-refractivity contribution in [1.29, 1.82) is 0 Å². The Morgan fingerprint density at radius 3 is 2.53 bits per heavy atom. The smallest absolute Gasteiger partial charge is 0.358 e. The molecule has 1 aromatic heterocycles. The van der Waals surface area contributed by atoms with Crippen LogP contribution in [0.2, 0.25) is 0 Å². The van der Waals surface area contributed by atoms with Crippen LogP contribution in [0.5, 0.6) is 5.75 Å². The second-order valence-corrected chi connectivity index (χ2v) is 3.80. The van der Waals surface area contributed by atoms with Crippen molar-refractivity contribution in [3.63, 3.8) is 0 Å². The number of carbonyl (C=O) groups is 1. The molecule has 0 aliphatic carbocycles. The molecule has 1 aromatic carbocycles. The third-order valence-corrected chi connectivity index (χ3v) is 2.56. The van der Waals surface area contributed by atoms with Crippen molar-refractivity contribution in [3.8, 4) is 17.1 Å². The monoisotopic (exact) mass is 233 g/mol. The number of hydrogen-bond acceptors (Lipinski definition) is 4. The Morgan fingerprint density at radius 2 is 1.94 bits per heavy atom. The van der Waals surface area contributed by atoms with Gasteiger partial charge in [0.25, 0.3) is 0 Å². The summed E-state index contributed by atoms with van der Waals surface area (Å²) >= 11 is 0. The summed E-state index contributed by atoms with van der Waals surface area (Å²) in [5, 5.41) is 22.1. The fraction of sp³-hybridized carbons (Fsp3) is 0.167. The zero-order valence-corrected chi connectivity index (χ0v) is 9.39. The number of rotatable bonds is 2. The van der Waals surface area contributed by atoms with Gasteiger partial charge in [-0.15, -0.1) is 0 Å². The molecule has 0 atom stereocenters. The van der Waals surface area contributed by atoms with E-state index in [4.69, 9.17) is 9.63 Å². The van der Waals surface area contributed by atoms with Crippen LogP contribution in [0.4, 0.5) is 0 Å². The van der Waals surface area contributed by atoms with Gasteiger partial charge in [0.05, 0.1) is 5.56 Å². The van der Waals surface area contributed by atoms with Gasteiger partial charge < -0.3 is 14.7 Å². The molecule has 0 saturated heterocycles. The van der Waals surface area contributed by atoms with Crippen LogP contribution >= 0.6 is 0 Å². The van der Waals surface area contributed by atoms with E-state index in [-0.39, 0.29) is 17.2 Å². The molecule has 5 nitrogen and oxygen atoms in total. The Kier molecular flexibility index (Phi) is 2.59. The van der Waals surface area contributed by atoms with Gasteiger partial charge in [0.1, 0.15) is 5.75 Å². The number of aromatic carboxylic acids is 1. The van der Waals surface area contributed by atoms with Gasteiger partial charge in [-0.3, -0.25) is 0 Å². The number of nitrogens with zero attached hydrogens (tertiary/aromatic N) is 1. The number of aromatic hydroxyl groups is 1. The van der Waals surface area contributed by atoms with Crippen molar-refractivity contribution < 1.29 is 19.5 Å². The van der Waals surface area contributed by atoms with Crippen LogP contribution in [0.3, 0.4) is 0 Å². The molecule has 0 aliphatic rings. The third-order valence-electron chi connectivity index (χ3n) is 2.56. The summed E-state index contributed by atoms with van der Waals surface area (Å²) in [6, 6.07) is 4.90. The molecule has 0 spiro atoms. The number of hydrogen-bond donors (Lipinski definition) is 2. The van der Waals surface area contributed by atoms with E-state index in [1.807, 2.05) is 6.07 Å². The Bertz CT molecular complexity index is 586. The number of benzene rings is 1. The Hall–Kier alpha value is -2.30. The van der Waals surface area contributed by atoms with E-state index in [1.165, 1.54) is 6.07 Å². The Morgan fingerprint density at radius 1 is 1.29 bits per heavy atom. The second kappa shape index (κ2) is 3.93. The van der Waals surface area contributed by atoms with Crippen molar-refractivity contribution in [2.24, 2.45) is 0 Å². The van der Waals surface area contributed by atoms with Gasteiger partial charge in [0.2, 0.25) is 0 Å². The van der Waals surface area contributed by atoms with Gasteiger partial charge >= 0.3 is 5.97 Å². The number of carboxylic acids is 1. The molecule has 5 heteroatoms. The molecule has 88 valence electrons. The molecule has 0 radical (unpaired) electrons. The predicted octanol–water partition coefficient (Wildman–Crippen LogP) is 2.36.